The van der Waals surface area contributed by atoms with E-state index in [4.69, 9.17) is 15.0 Å². The van der Waals surface area contributed by atoms with Crippen molar-refractivity contribution in [3.8, 4) is 0 Å². The van der Waals surface area contributed by atoms with E-state index in [1.165, 1.54) is 19.3 Å². The minimum Gasteiger partial charge on any atom is -0.451 e. The molecule has 2 rings (SSSR count). The molecule has 0 aromatic heterocycles. The van der Waals surface area contributed by atoms with Crippen molar-refractivity contribution in [2.24, 2.45) is 0 Å². The van der Waals surface area contributed by atoms with Crippen molar-refractivity contribution < 1.29 is 34.1 Å². The van der Waals surface area contributed by atoms with Crippen LogP contribution in [0.3, 0.4) is 0 Å². The third kappa shape index (κ3) is 15.0. The van der Waals surface area contributed by atoms with Crippen LogP contribution in [0.25, 0.3) is 0 Å². The van der Waals surface area contributed by atoms with Gasteiger partial charge in [-0.25, -0.2) is 14.4 Å². The van der Waals surface area contributed by atoms with Crippen molar-refractivity contribution in [2.45, 2.75) is 19.3 Å². The summed E-state index contributed by atoms with van der Waals surface area (Å²) < 4.78 is 8.55. The highest BCUT2D eigenvalue weighted by Crippen LogP contribution is 2.14. The number of cyclic esters (lactones) is 2. The van der Waals surface area contributed by atoms with Crippen molar-refractivity contribution in [3.05, 3.63) is 0 Å². The molecule has 0 aromatic rings. The normalized spacial score (nSPS) is 16.8. The molecule has 2 fully saturated rings. The van der Waals surface area contributed by atoms with Crippen LogP contribution in [-0.4, -0.2) is 41.5 Å². The first-order chi connectivity index (χ1) is 7.02. The molecular weight excluding hydrogens is 208 g/mol. The van der Waals surface area contributed by atoms with Crippen LogP contribution in [-0.2, 0) is 19.1 Å². The summed E-state index contributed by atoms with van der Waals surface area (Å²) in [6.07, 6.45) is 2.67. The van der Waals surface area contributed by atoms with Gasteiger partial charge in [-0.05, 0) is 0 Å². The van der Waals surface area contributed by atoms with E-state index in [2.05, 4.69) is 9.47 Å². The van der Waals surface area contributed by atoms with Gasteiger partial charge < -0.3 is 19.7 Å². The maximum atomic E-state index is 10.1. The molecule has 1 saturated carbocycles. The fourth-order valence-electron chi connectivity index (χ4n) is 0.362. The zero-order valence-corrected chi connectivity index (χ0v) is 7.97. The zero-order chi connectivity index (χ0) is 11.7. The smallest absolute Gasteiger partial charge is 0.451 e. The van der Waals surface area contributed by atoms with Crippen molar-refractivity contribution in [2.75, 3.05) is 13.2 Å². The Kier molecular flexibility index (Phi) is 6.69. The van der Waals surface area contributed by atoms with Gasteiger partial charge in [-0.2, -0.15) is 0 Å². The molecule has 15 heavy (non-hydrogen) atoms. The molecule has 1 saturated heterocycles. The topological polar surface area (TPSA) is 110 Å². The Balaban J connectivity index is 0.000000233. The van der Waals surface area contributed by atoms with Gasteiger partial charge in [0.1, 0.15) is 0 Å². The molecule has 0 amide bonds. The highest BCUT2D eigenvalue weighted by atomic mass is 16.6. The van der Waals surface area contributed by atoms with E-state index in [0.717, 1.165) is 0 Å². The lowest BCUT2D eigenvalue weighted by atomic mass is 10.6. The van der Waals surface area contributed by atoms with Crippen LogP contribution in [0.15, 0.2) is 0 Å². The summed E-state index contributed by atoms with van der Waals surface area (Å²) in [7, 11) is 0. The Bertz CT molecular complexity index is 198. The molecule has 7 heteroatoms. The van der Waals surface area contributed by atoms with Crippen LogP contribution < -0.4 is 0 Å². The number of hydrogen-bond donors (Lipinski definition) is 2. The van der Waals surface area contributed by atoms with E-state index < -0.39 is 18.1 Å². The molecule has 7 nitrogen and oxygen atoms in total. The van der Waals surface area contributed by atoms with Crippen LogP contribution >= 0.6 is 0 Å². The fourth-order valence-corrected chi connectivity index (χ4v) is 0.362. The SMILES string of the molecule is C1CC1.O=C(O)O.O=C1COC(=O)CO1. The lowest BCUT2D eigenvalue weighted by molar-refractivity contribution is -0.174. The molecule has 0 aromatic carbocycles. The van der Waals surface area contributed by atoms with Gasteiger partial charge in [-0.3, -0.25) is 0 Å². The van der Waals surface area contributed by atoms with Crippen LogP contribution in [0.4, 0.5) is 4.79 Å². The largest absolute Gasteiger partial charge is 0.503 e. The van der Waals surface area contributed by atoms with E-state index in [1.807, 2.05) is 0 Å². The number of hydrogen-bond acceptors (Lipinski definition) is 5. The summed E-state index contributed by atoms with van der Waals surface area (Å²) in [5.41, 5.74) is 0. The van der Waals surface area contributed by atoms with Crippen LogP contribution in [0, 0.1) is 0 Å². The summed E-state index contributed by atoms with van der Waals surface area (Å²) in [6.45, 7) is -0.475. The van der Waals surface area contributed by atoms with Crippen molar-refractivity contribution >= 4 is 18.1 Å². The molecule has 0 spiro atoms. The van der Waals surface area contributed by atoms with Gasteiger partial charge in [-0.15, -0.1) is 0 Å². The van der Waals surface area contributed by atoms with Gasteiger partial charge in [0.05, 0.1) is 0 Å². The quantitative estimate of drug-likeness (QED) is 0.571. The lowest BCUT2D eigenvalue weighted by Gasteiger charge is -2.09. The molecule has 0 radical (unpaired) electrons. The summed E-state index contributed by atoms with van der Waals surface area (Å²) >= 11 is 0. The summed E-state index contributed by atoms with van der Waals surface area (Å²) in [4.78, 5) is 28.8. The fraction of sp³-hybridized carbons (Fsp3) is 0.625. The van der Waals surface area contributed by atoms with E-state index in [9.17, 15) is 9.59 Å². The van der Waals surface area contributed by atoms with E-state index in [1.54, 1.807) is 0 Å². The summed E-state index contributed by atoms with van der Waals surface area (Å²) in [5, 5.41) is 13.9. The monoisotopic (exact) mass is 220 g/mol. The molecule has 1 aliphatic heterocycles. The third-order valence-electron chi connectivity index (χ3n) is 1.06. The highest BCUT2D eigenvalue weighted by molar-refractivity contribution is 5.82. The molecule has 0 bridgehead atoms. The molecule has 0 atom stereocenters. The van der Waals surface area contributed by atoms with Crippen molar-refractivity contribution in [3.63, 3.8) is 0 Å². The Hall–Kier alpha value is -1.79. The van der Waals surface area contributed by atoms with E-state index >= 15 is 0 Å². The molecular formula is C8H12O7. The number of carbonyl (C=O) groups is 3. The standard InChI is InChI=1S/C4H4O4.C3H6.CH2O3/c5-3-1-7-4(6)2-8-3;1-2-3-1;2-1(3)4/h1-2H2;1-3H2;(H2,2,3,4). The molecule has 1 heterocycles. The molecule has 0 unspecified atom stereocenters. The Labute approximate surface area is 85.6 Å². The first-order valence-electron chi connectivity index (χ1n) is 4.25. The number of rotatable bonds is 0. The molecule has 1 aliphatic carbocycles. The van der Waals surface area contributed by atoms with Gasteiger partial charge in [-0.1, -0.05) is 19.3 Å². The second-order valence-corrected chi connectivity index (χ2v) is 2.66. The minimum absolute atomic E-state index is 0.237. The Morgan fingerprint density at radius 3 is 1.33 bits per heavy atom. The van der Waals surface area contributed by atoms with Crippen molar-refractivity contribution in [1.29, 1.82) is 0 Å². The number of ether oxygens (including phenoxy) is 2. The number of carboxylic acid groups (broad SMARTS) is 2. The lowest BCUT2D eigenvalue weighted by Crippen LogP contribution is -2.27. The van der Waals surface area contributed by atoms with Gasteiger partial charge in [0, 0.05) is 0 Å². The maximum absolute atomic E-state index is 10.1. The number of carbonyl (C=O) groups excluding carboxylic acids is 2. The molecule has 86 valence electrons. The van der Waals surface area contributed by atoms with E-state index in [0.29, 0.717) is 0 Å². The van der Waals surface area contributed by atoms with Crippen LogP contribution in [0.2, 0.25) is 0 Å². The predicted molar refractivity (Wildman–Crippen MR) is 46.4 cm³/mol. The van der Waals surface area contributed by atoms with Gasteiger partial charge in [0.25, 0.3) is 0 Å². The molecule has 2 N–H and O–H groups in total. The Morgan fingerprint density at radius 1 is 0.933 bits per heavy atom. The molecule has 2 aliphatic rings. The van der Waals surface area contributed by atoms with E-state index in [-0.39, 0.29) is 13.2 Å². The van der Waals surface area contributed by atoms with Gasteiger partial charge in [0.2, 0.25) is 0 Å². The average molecular weight is 220 g/mol. The predicted octanol–water partition coefficient (Wildman–Crippen LogP) is 0.479. The van der Waals surface area contributed by atoms with Gasteiger partial charge >= 0.3 is 18.1 Å². The second-order valence-electron chi connectivity index (χ2n) is 2.66. The maximum Gasteiger partial charge on any atom is 0.503 e. The first kappa shape index (κ1) is 13.2. The minimum atomic E-state index is -1.83. The van der Waals surface area contributed by atoms with Crippen LogP contribution in [0.5, 0.6) is 0 Å². The number of esters is 2. The third-order valence-corrected chi connectivity index (χ3v) is 1.06. The summed E-state index contributed by atoms with van der Waals surface area (Å²) in [6, 6.07) is 0. The highest BCUT2D eigenvalue weighted by Gasteiger charge is 2.16. The van der Waals surface area contributed by atoms with Crippen molar-refractivity contribution in [1.82, 2.24) is 0 Å². The average Bonchev–Trinajstić information content (AvgIpc) is 2.95. The Morgan fingerprint density at radius 2 is 1.20 bits per heavy atom. The second kappa shape index (κ2) is 7.60. The first-order valence-corrected chi connectivity index (χ1v) is 4.25. The summed E-state index contributed by atoms with van der Waals surface area (Å²) in [5.74, 6) is -0.964. The zero-order valence-electron chi connectivity index (χ0n) is 7.97. The van der Waals surface area contributed by atoms with Gasteiger partial charge in [0.15, 0.2) is 13.2 Å². The van der Waals surface area contributed by atoms with Crippen LogP contribution in [0.1, 0.15) is 19.3 Å².